The van der Waals surface area contributed by atoms with Crippen molar-refractivity contribution in [2.24, 2.45) is 11.8 Å². The molecule has 0 aromatic carbocycles. The molecular formula is C12H23NO2. The van der Waals surface area contributed by atoms with Gasteiger partial charge in [0, 0.05) is 6.04 Å². The average molecular weight is 213 g/mol. The second-order valence-electron chi connectivity index (χ2n) is 5.23. The third-order valence-electron chi connectivity index (χ3n) is 3.79. The maximum absolute atomic E-state index is 11.5. The number of aliphatic carboxylic acids is 1. The summed E-state index contributed by atoms with van der Waals surface area (Å²) in [5.41, 5.74) is -0.703. The van der Waals surface area contributed by atoms with Gasteiger partial charge in [0.15, 0.2) is 0 Å². The van der Waals surface area contributed by atoms with E-state index in [1.165, 1.54) is 0 Å². The molecule has 3 atom stereocenters. The third kappa shape index (κ3) is 2.33. The normalized spacial score (nSPS) is 36.9. The number of carboxylic acids is 1. The van der Waals surface area contributed by atoms with Crippen LogP contribution in [0.1, 0.15) is 47.0 Å². The third-order valence-corrected chi connectivity index (χ3v) is 3.79. The monoisotopic (exact) mass is 213 g/mol. The Labute approximate surface area is 92.3 Å². The standard InChI is InChI=1S/C12H23NO2/c1-8(2)13-12(11(14)15)7-5-6-9(3)10(12)4/h8-10,13H,5-7H2,1-4H3,(H,14,15). The molecule has 0 radical (unpaired) electrons. The average Bonchev–Trinajstić information content (AvgIpc) is 2.12. The van der Waals surface area contributed by atoms with Gasteiger partial charge in [0.25, 0.3) is 0 Å². The molecule has 0 spiro atoms. The number of hydrogen-bond acceptors (Lipinski definition) is 2. The van der Waals surface area contributed by atoms with Crippen LogP contribution in [0.2, 0.25) is 0 Å². The summed E-state index contributed by atoms with van der Waals surface area (Å²) in [6.45, 7) is 8.24. The van der Waals surface area contributed by atoms with E-state index in [2.05, 4.69) is 19.2 Å². The predicted molar refractivity (Wildman–Crippen MR) is 60.8 cm³/mol. The van der Waals surface area contributed by atoms with Crippen LogP contribution in [-0.4, -0.2) is 22.7 Å². The summed E-state index contributed by atoms with van der Waals surface area (Å²) >= 11 is 0. The Morgan fingerprint density at radius 2 is 2.07 bits per heavy atom. The zero-order chi connectivity index (χ0) is 11.6. The van der Waals surface area contributed by atoms with E-state index in [1.807, 2.05) is 13.8 Å². The Balaban J connectivity index is 2.92. The Morgan fingerprint density at radius 3 is 2.53 bits per heavy atom. The summed E-state index contributed by atoms with van der Waals surface area (Å²) in [6.07, 6.45) is 2.92. The van der Waals surface area contributed by atoms with Gasteiger partial charge in [-0.15, -0.1) is 0 Å². The molecular weight excluding hydrogens is 190 g/mol. The van der Waals surface area contributed by atoms with Gasteiger partial charge < -0.3 is 5.11 Å². The van der Waals surface area contributed by atoms with Crippen molar-refractivity contribution in [3.05, 3.63) is 0 Å². The summed E-state index contributed by atoms with van der Waals surface area (Å²) in [7, 11) is 0. The maximum Gasteiger partial charge on any atom is 0.324 e. The van der Waals surface area contributed by atoms with E-state index in [0.717, 1.165) is 19.3 Å². The summed E-state index contributed by atoms with van der Waals surface area (Å²) in [5, 5.41) is 12.7. The van der Waals surface area contributed by atoms with Gasteiger partial charge in [-0.1, -0.05) is 26.7 Å². The minimum Gasteiger partial charge on any atom is -0.480 e. The van der Waals surface area contributed by atoms with Gasteiger partial charge in [0.1, 0.15) is 5.54 Å². The molecule has 88 valence electrons. The first-order valence-electron chi connectivity index (χ1n) is 5.91. The van der Waals surface area contributed by atoms with Crippen molar-refractivity contribution >= 4 is 5.97 Å². The quantitative estimate of drug-likeness (QED) is 0.756. The van der Waals surface area contributed by atoms with Crippen molar-refractivity contribution in [2.45, 2.75) is 58.5 Å². The molecule has 1 saturated carbocycles. The number of rotatable bonds is 3. The Bertz CT molecular complexity index is 240. The first-order chi connectivity index (χ1) is 6.90. The van der Waals surface area contributed by atoms with Crippen molar-refractivity contribution in [2.75, 3.05) is 0 Å². The van der Waals surface area contributed by atoms with E-state index in [9.17, 15) is 9.90 Å². The van der Waals surface area contributed by atoms with E-state index >= 15 is 0 Å². The minimum absolute atomic E-state index is 0.200. The molecule has 0 aliphatic heterocycles. The molecule has 0 heterocycles. The van der Waals surface area contributed by atoms with Crippen molar-refractivity contribution in [1.82, 2.24) is 5.32 Å². The second kappa shape index (κ2) is 4.52. The smallest absolute Gasteiger partial charge is 0.324 e. The highest BCUT2D eigenvalue weighted by molar-refractivity contribution is 5.79. The van der Waals surface area contributed by atoms with Crippen LogP contribution in [0, 0.1) is 11.8 Å². The molecule has 2 N–H and O–H groups in total. The van der Waals surface area contributed by atoms with Gasteiger partial charge in [-0.2, -0.15) is 0 Å². The second-order valence-corrected chi connectivity index (χ2v) is 5.23. The molecule has 0 bridgehead atoms. The van der Waals surface area contributed by atoms with Crippen LogP contribution in [0.15, 0.2) is 0 Å². The lowest BCUT2D eigenvalue weighted by Gasteiger charge is -2.44. The van der Waals surface area contributed by atoms with Gasteiger partial charge in [-0.25, -0.2) is 0 Å². The van der Waals surface area contributed by atoms with E-state index in [4.69, 9.17) is 0 Å². The molecule has 1 rings (SSSR count). The molecule has 3 nitrogen and oxygen atoms in total. The molecule has 3 heteroatoms. The van der Waals surface area contributed by atoms with Crippen LogP contribution in [0.5, 0.6) is 0 Å². The number of hydrogen-bond donors (Lipinski definition) is 2. The fraction of sp³-hybridized carbons (Fsp3) is 0.917. The van der Waals surface area contributed by atoms with Gasteiger partial charge in [0.2, 0.25) is 0 Å². The SMILES string of the molecule is CC(C)NC1(C(=O)O)CCCC(C)C1C. The molecule has 0 saturated heterocycles. The molecule has 1 aliphatic carbocycles. The lowest BCUT2D eigenvalue weighted by molar-refractivity contribution is -0.150. The van der Waals surface area contributed by atoms with E-state index in [0.29, 0.717) is 5.92 Å². The zero-order valence-corrected chi connectivity index (χ0v) is 10.2. The maximum atomic E-state index is 11.5. The largest absolute Gasteiger partial charge is 0.480 e. The minimum atomic E-state index is -0.703. The van der Waals surface area contributed by atoms with Crippen LogP contribution in [0.3, 0.4) is 0 Å². The molecule has 0 aromatic rings. The summed E-state index contributed by atoms with van der Waals surface area (Å²) in [4.78, 5) is 11.5. The van der Waals surface area contributed by atoms with Gasteiger partial charge in [-0.3, -0.25) is 10.1 Å². The van der Waals surface area contributed by atoms with Gasteiger partial charge >= 0.3 is 5.97 Å². The number of carboxylic acid groups (broad SMARTS) is 1. The first-order valence-corrected chi connectivity index (χ1v) is 5.91. The van der Waals surface area contributed by atoms with Crippen LogP contribution < -0.4 is 5.32 Å². The number of carbonyl (C=O) groups is 1. The van der Waals surface area contributed by atoms with Crippen molar-refractivity contribution < 1.29 is 9.90 Å². The molecule has 1 aliphatic rings. The van der Waals surface area contributed by atoms with Crippen LogP contribution in [0.25, 0.3) is 0 Å². The lowest BCUT2D eigenvalue weighted by Crippen LogP contribution is -2.61. The van der Waals surface area contributed by atoms with Crippen LogP contribution >= 0.6 is 0 Å². The highest BCUT2D eigenvalue weighted by Crippen LogP contribution is 2.38. The molecule has 15 heavy (non-hydrogen) atoms. The van der Waals surface area contributed by atoms with Crippen LogP contribution in [0.4, 0.5) is 0 Å². The fourth-order valence-electron chi connectivity index (χ4n) is 2.75. The summed E-state index contributed by atoms with van der Waals surface area (Å²) in [6, 6.07) is 0.217. The van der Waals surface area contributed by atoms with Gasteiger partial charge in [0.05, 0.1) is 0 Å². The Hall–Kier alpha value is -0.570. The number of nitrogens with one attached hydrogen (secondary N) is 1. The van der Waals surface area contributed by atoms with E-state index < -0.39 is 11.5 Å². The summed E-state index contributed by atoms with van der Waals surface area (Å²) < 4.78 is 0. The van der Waals surface area contributed by atoms with E-state index in [-0.39, 0.29) is 12.0 Å². The van der Waals surface area contributed by atoms with Crippen molar-refractivity contribution in [3.63, 3.8) is 0 Å². The summed E-state index contributed by atoms with van der Waals surface area (Å²) in [5.74, 6) is 0.00231. The zero-order valence-electron chi connectivity index (χ0n) is 10.2. The van der Waals surface area contributed by atoms with Crippen molar-refractivity contribution in [1.29, 1.82) is 0 Å². The predicted octanol–water partition coefficient (Wildman–Crippen LogP) is 2.26. The highest BCUT2D eigenvalue weighted by atomic mass is 16.4. The highest BCUT2D eigenvalue weighted by Gasteiger charge is 2.47. The lowest BCUT2D eigenvalue weighted by atomic mass is 9.68. The molecule has 3 unspecified atom stereocenters. The van der Waals surface area contributed by atoms with Crippen molar-refractivity contribution in [3.8, 4) is 0 Å². The molecule has 0 amide bonds. The fourth-order valence-corrected chi connectivity index (χ4v) is 2.75. The molecule has 0 aromatic heterocycles. The van der Waals surface area contributed by atoms with Crippen LogP contribution in [-0.2, 0) is 4.79 Å². The van der Waals surface area contributed by atoms with E-state index in [1.54, 1.807) is 0 Å². The van der Waals surface area contributed by atoms with Gasteiger partial charge in [-0.05, 0) is 32.1 Å². The Morgan fingerprint density at radius 1 is 1.47 bits per heavy atom. The topological polar surface area (TPSA) is 49.3 Å². The Kier molecular flexibility index (Phi) is 3.77. The first kappa shape index (κ1) is 12.5. The molecule has 1 fully saturated rings.